The number of aromatic amines is 3. The quantitative estimate of drug-likeness (QED) is 0.0608. The van der Waals surface area contributed by atoms with E-state index in [0.717, 1.165) is 39.6 Å². The normalized spacial score (nSPS) is 20.2. The second kappa shape index (κ2) is 27.6. The molecule has 21 heteroatoms. The van der Waals surface area contributed by atoms with E-state index in [4.69, 9.17) is 31.2 Å². The number of H-pyrrole nitrogens is 3. The van der Waals surface area contributed by atoms with Crippen LogP contribution in [0.3, 0.4) is 0 Å². The van der Waals surface area contributed by atoms with E-state index in [2.05, 4.69) is 15.0 Å². The average Bonchev–Trinajstić information content (AvgIpc) is 1.55. The minimum atomic E-state index is -2.58. The summed E-state index contributed by atoms with van der Waals surface area (Å²) in [5, 5.41) is 0.867. The number of ether oxygens (including phenoxy) is 6. The van der Waals surface area contributed by atoms with E-state index in [1.54, 1.807) is 60.7 Å². The van der Waals surface area contributed by atoms with Crippen LogP contribution in [0, 0.1) is 17.5 Å². The van der Waals surface area contributed by atoms with Crippen molar-refractivity contribution in [2.75, 3.05) is 19.6 Å². The van der Waals surface area contributed by atoms with Gasteiger partial charge in [0.1, 0.15) is 55.6 Å². The summed E-state index contributed by atoms with van der Waals surface area (Å²) in [6.45, 7) is 3.02. The highest BCUT2D eigenvalue weighted by molar-refractivity contribution is 5.96. The molecule has 0 unspecified atom stereocenters. The number of carbonyl (C=O) groups is 6. The number of halogens is 3. The van der Waals surface area contributed by atoms with Gasteiger partial charge in [0.05, 0.1) is 31.0 Å². The zero-order valence-corrected chi connectivity index (χ0v) is 49.1. The average molecular weight is 1240 g/mol. The fourth-order valence-electron chi connectivity index (χ4n) is 11.5. The first-order valence-corrected chi connectivity index (χ1v) is 29.1. The number of hydrogen-bond donors (Lipinski definition) is 3. The van der Waals surface area contributed by atoms with Crippen LogP contribution in [0.4, 0.5) is 27.6 Å². The SMILES string of the molecule is [2H]C([2H])(c1c(-c2[nH]c3cc(F)ccc3c2C([2H])([2H])[C@@H]2C[C@H](OC(C)=O)CN2C(=O)OCc2ccccc2)[nH]c2cc(F)ccc12)[C@@H]1C[C@H](OC(C)=O)CN1C(=O)OCc1ccccc1.[2H]C([2H])(c1c[nH]c2cc(F)ccc12)[C@@H]1C[C@H](OC(C)=O)CN1C(=O)OCc1ccccc1. The zero-order valence-electron chi connectivity index (χ0n) is 55.1. The van der Waals surface area contributed by atoms with E-state index in [1.807, 2.05) is 30.3 Å². The van der Waals surface area contributed by atoms with E-state index in [-0.39, 0.29) is 103 Å². The third-order valence-electron chi connectivity index (χ3n) is 15.5. The Morgan fingerprint density at radius 2 is 0.789 bits per heavy atom. The summed E-state index contributed by atoms with van der Waals surface area (Å²) in [5.74, 6) is -3.58. The maximum Gasteiger partial charge on any atom is 0.410 e. The zero-order chi connectivity index (χ0) is 68.4. The number of amides is 3. The second-order valence-corrected chi connectivity index (χ2v) is 22.0. The molecule has 3 aromatic heterocycles. The van der Waals surface area contributed by atoms with Crippen LogP contribution < -0.4 is 0 Å². The van der Waals surface area contributed by atoms with Gasteiger partial charge in [-0.3, -0.25) is 14.4 Å². The lowest BCUT2D eigenvalue weighted by molar-refractivity contribution is -0.146. The van der Waals surface area contributed by atoms with Gasteiger partial charge in [-0.1, -0.05) is 91.0 Å². The van der Waals surface area contributed by atoms with Crippen LogP contribution in [0.5, 0.6) is 0 Å². The molecule has 6 heterocycles. The van der Waals surface area contributed by atoms with Crippen LogP contribution in [0.1, 0.15) is 81.6 Å². The maximum atomic E-state index is 15.0. The number of benzene rings is 6. The minimum Gasteiger partial charge on any atom is -0.461 e. The molecule has 3 aliphatic heterocycles. The molecule has 6 atom stereocenters. The molecule has 12 rings (SSSR count). The summed E-state index contributed by atoms with van der Waals surface area (Å²) in [6, 6.07) is 34.5. The number of likely N-dealkylation sites (tertiary alicyclic amines) is 3. The Kier molecular flexibility index (Phi) is 16.6. The topological polar surface area (TPSA) is 215 Å². The number of carbonyl (C=O) groups excluding carboxylic acids is 6. The first-order chi connectivity index (χ1) is 45.8. The van der Waals surface area contributed by atoms with Crippen molar-refractivity contribution in [1.29, 1.82) is 0 Å². The van der Waals surface area contributed by atoms with E-state index in [9.17, 15) is 38.6 Å². The molecular weight excluding hydrogens is 1160 g/mol. The largest absolute Gasteiger partial charge is 0.461 e. The predicted molar refractivity (Wildman–Crippen MR) is 327 cm³/mol. The molecule has 6 aromatic carbocycles. The third kappa shape index (κ3) is 14.7. The molecule has 0 radical (unpaired) electrons. The number of esters is 3. The third-order valence-corrected chi connectivity index (χ3v) is 15.5. The lowest BCUT2D eigenvalue weighted by Gasteiger charge is -2.25. The fourth-order valence-corrected chi connectivity index (χ4v) is 11.5. The van der Waals surface area contributed by atoms with Crippen molar-refractivity contribution in [3.63, 3.8) is 0 Å². The molecule has 18 nitrogen and oxygen atoms in total. The Labute approximate surface area is 524 Å². The van der Waals surface area contributed by atoms with Gasteiger partial charge in [-0.15, -0.1) is 0 Å². The smallest absolute Gasteiger partial charge is 0.410 e. The lowest BCUT2D eigenvalue weighted by atomic mass is 9.95. The van der Waals surface area contributed by atoms with E-state index >= 15 is 8.78 Å². The highest BCUT2D eigenvalue weighted by Gasteiger charge is 2.42. The number of aromatic nitrogens is 3. The van der Waals surface area contributed by atoms with Gasteiger partial charge in [-0.05, 0) is 107 Å². The number of nitrogens with zero attached hydrogens (tertiary/aromatic N) is 3. The molecule has 3 amide bonds. The molecule has 466 valence electrons. The van der Waals surface area contributed by atoms with E-state index < -0.39 is 109 Å². The van der Waals surface area contributed by atoms with Crippen LogP contribution >= 0.6 is 0 Å². The molecule has 3 aliphatic rings. The van der Waals surface area contributed by atoms with Crippen LogP contribution in [0.25, 0.3) is 44.1 Å². The number of nitrogens with one attached hydrogen (secondary N) is 3. The molecule has 3 saturated heterocycles. The monoisotopic (exact) mass is 1230 g/mol. The van der Waals surface area contributed by atoms with Crippen molar-refractivity contribution < 1.29 is 78.6 Å². The minimum absolute atomic E-state index is 0.0222. The molecule has 0 saturated carbocycles. The number of fused-ring (bicyclic) bond motifs is 3. The van der Waals surface area contributed by atoms with Gasteiger partial charge in [0.25, 0.3) is 0 Å². The highest BCUT2D eigenvalue weighted by Crippen LogP contribution is 2.41. The Morgan fingerprint density at radius 3 is 1.14 bits per heavy atom. The maximum absolute atomic E-state index is 15.0. The number of rotatable bonds is 16. The van der Waals surface area contributed by atoms with Crippen LogP contribution in [-0.2, 0) is 81.7 Å². The van der Waals surface area contributed by atoms with Gasteiger partial charge in [-0.2, -0.15) is 0 Å². The molecule has 3 N–H and O–H groups in total. The van der Waals surface area contributed by atoms with Crippen molar-refractivity contribution in [2.45, 2.75) is 115 Å². The van der Waals surface area contributed by atoms with Crippen molar-refractivity contribution in [2.24, 2.45) is 0 Å². The molecule has 0 spiro atoms. The Balaban J connectivity index is 0.000000244. The van der Waals surface area contributed by atoms with Crippen molar-refractivity contribution >= 4 is 68.9 Å². The summed E-state index contributed by atoms with van der Waals surface area (Å²) in [7, 11) is 0. The molecule has 90 heavy (non-hydrogen) atoms. The van der Waals surface area contributed by atoms with Crippen LogP contribution in [0.15, 0.2) is 152 Å². The van der Waals surface area contributed by atoms with Crippen molar-refractivity contribution in [1.82, 2.24) is 29.7 Å². The first-order valence-electron chi connectivity index (χ1n) is 32.1. The molecular formula is C69H67F3N6O12. The Bertz CT molecular complexity index is 4190. The molecule has 9 aromatic rings. The summed E-state index contributed by atoms with van der Waals surface area (Å²) >= 11 is 0. The predicted octanol–water partition coefficient (Wildman–Crippen LogP) is 12.6. The lowest BCUT2D eigenvalue weighted by Crippen LogP contribution is -2.38. The standard InChI is InChI=1S/C46H44F2N4O8.C23H23FN2O4/c1-27(53)59-35-19-33(51(23-35)45(55)57-25-29-9-5-3-6-10-29)21-39-37-15-13-31(47)17-41(37)49-43(39)44-40(38-16-14-32(48)18-42(38)50-44)22-34-20-36(60-28(2)54)24-52(34)46(56)58-26-30-11-7-4-8-12-30;1-15(27)30-20-11-19(9-17-12-25-22-10-18(24)7-8-21(17)22)26(13-20)23(28)29-14-16-5-3-2-4-6-16/h3-18,33-36,49-50H,19-26H2,1-2H3;2-8,10,12,19-20,25H,9,11,13-14H2,1H3/t33-,34-,35-,36-;19-,20+/m01/s1/i21D2,22D2;9D2. The van der Waals surface area contributed by atoms with Gasteiger partial charge >= 0.3 is 36.2 Å². The van der Waals surface area contributed by atoms with E-state index in [1.165, 1.54) is 62.2 Å². The Morgan fingerprint density at radius 1 is 0.456 bits per heavy atom. The molecule has 0 aliphatic carbocycles. The first kappa shape index (κ1) is 54.1. The van der Waals surface area contributed by atoms with Gasteiger partial charge in [0, 0.05) is 105 Å². The summed E-state index contributed by atoms with van der Waals surface area (Å²) in [4.78, 5) is 89.3. The van der Waals surface area contributed by atoms with Gasteiger partial charge < -0.3 is 58.1 Å². The van der Waals surface area contributed by atoms with Crippen molar-refractivity contribution in [3.8, 4) is 11.4 Å². The van der Waals surface area contributed by atoms with E-state index in [0.29, 0.717) is 27.6 Å². The number of hydrogen-bond acceptors (Lipinski definition) is 12. The van der Waals surface area contributed by atoms with Crippen LogP contribution in [-0.4, -0.2) is 122 Å². The molecule has 0 bridgehead atoms. The van der Waals surface area contributed by atoms with Crippen molar-refractivity contribution in [3.05, 3.63) is 203 Å². The molecule has 3 fully saturated rings. The van der Waals surface area contributed by atoms with Crippen LogP contribution in [0.2, 0.25) is 0 Å². The van der Waals surface area contributed by atoms with Gasteiger partial charge in [-0.25, -0.2) is 27.6 Å². The fraction of sp³-hybridized carbons (Fsp3) is 0.304. The highest BCUT2D eigenvalue weighted by atomic mass is 19.1. The van der Waals surface area contributed by atoms with Gasteiger partial charge in [0.2, 0.25) is 0 Å². The Hall–Kier alpha value is -10.1. The van der Waals surface area contributed by atoms with Gasteiger partial charge in [0.15, 0.2) is 0 Å². The summed E-state index contributed by atoms with van der Waals surface area (Å²) in [6.07, 6.45) is -10.9. The summed E-state index contributed by atoms with van der Waals surface area (Å²) in [5.41, 5.74) is 2.74. The second-order valence-electron chi connectivity index (χ2n) is 22.0. The summed E-state index contributed by atoms with van der Waals surface area (Å²) < 4.78 is 134.